The predicted molar refractivity (Wildman–Crippen MR) is 84.1 cm³/mol. The van der Waals surface area contributed by atoms with Crippen LogP contribution in [0.15, 0.2) is 18.2 Å². The lowest BCUT2D eigenvalue weighted by Gasteiger charge is -2.34. The van der Waals surface area contributed by atoms with E-state index in [1.165, 1.54) is 0 Å². The SMILES string of the molecule is Cc1ccc(Cl)c(NC(=O)C2(C(N)=S)CCOCC2)c1. The lowest BCUT2D eigenvalue weighted by atomic mass is 9.79. The van der Waals surface area contributed by atoms with E-state index in [4.69, 9.17) is 34.3 Å². The number of hydrogen-bond acceptors (Lipinski definition) is 3. The second-order valence-corrected chi connectivity index (χ2v) is 5.84. The Bertz CT molecular complexity index is 542. The van der Waals surface area contributed by atoms with Crippen LogP contribution in [0.25, 0.3) is 0 Å². The predicted octanol–water partition coefficient (Wildman–Crippen LogP) is 2.67. The minimum absolute atomic E-state index is 0.208. The molecule has 0 spiro atoms. The normalized spacial score (nSPS) is 17.5. The summed E-state index contributed by atoms with van der Waals surface area (Å²) < 4.78 is 5.30. The number of rotatable bonds is 3. The molecule has 1 aromatic rings. The number of ether oxygens (including phenoxy) is 1. The number of benzene rings is 1. The zero-order chi connectivity index (χ0) is 14.8. The van der Waals surface area contributed by atoms with Crippen LogP contribution >= 0.6 is 23.8 Å². The summed E-state index contributed by atoms with van der Waals surface area (Å²) in [5.41, 5.74) is 6.56. The summed E-state index contributed by atoms with van der Waals surface area (Å²) >= 11 is 11.2. The summed E-state index contributed by atoms with van der Waals surface area (Å²) in [7, 11) is 0. The molecule has 1 fully saturated rings. The van der Waals surface area contributed by atoms with Crippen LogP contribution in [-0.2, 0) is 9.53 Å². The maximum atomic E-state index is 12.6. The largest absolute Gasteiger partial charge is 0.392 e. The molecule has 0 aliphatic carbocycles. The fourth-order valence-electron chi connectivity index (χ4n) is 2.28. The standard InChI is InChI=1S/C14H17ClN2O2S/c1-9-2-3-10(15)11(8-9)17-13(18)14(12(16)20)4-6-19-7-5-14/h2-3,8H,4-7H2,1H3,(H2,16,20)(H,17,18). The lowest BCUT2D eigenvalue weighted by Crippen LogP contribution is -2.49. The van der Waals surface area contributed by atoms with Gasteiger partial charge in [-0.1, -0.05) is 29.9 Å². The van der Waals surface area contributed by atoms with Crippen molar-refractivity contribution in [3.05, 3.63) is 28.8 Å². The number of amides is 1. The van der Waals surface area contributed by atoms with Crippen LogP contribution in [0.2, 0.25) is 5.02 Å². The highest BCUT2D eigenvalue weighted by Gasteiger charge is 2.43. The molecule has 20 heavy (non-hydrogen) atoms. The average Bonchev–Trinajstić information content (AvgIpc) is 2.43. The highest BCUT2D eigenvalue weighted by molar-refractivity contribution is 7.80. The highest BCUT2D eigenvalue weighted by atomic mass is 35.5. The molecule has 0 radical (unpaired) electrons. The minimum Gasteiger partial charge on any atom is -0.392 e. The van der Waals surface area contributed by atoms with E-state index >= 15 is 0 Å². The summed E-state index contributed by atoms with van der Waals surface area (Å²) in [6.45, 7) is 2.89. The molecule has 1 saturated heterocycles. The van der Waals surface area contributed by atoms with Crippen LogP contribution in [0.3, 0.4) is 0 Å². The van der Waals surface area contributed by atoms with Gasteiger partial charge in [0, 0.05) is 13.2 Å². The number of anilines is 1. The number of nitrogens with one attached hydrogen (secondary N) is 1. The van der Waals surface area contributed by atoms with Crippen molar-refractivity contribution >= 4 is 40.4 Å². The van der Waals surface area contributed by atoms with Crippen molar-refractivity contribution in [3.8, 4) is 0 Å². The molecule has 2 rings (SSSR count). The molecule has 4 nitrogen and oxygen atoms in total. The Hall–Kier alpha value is -1.17. The Morgan fingerprint density at radius 3 is 2.70 bits per heavy atom. The van der Waals surface area contributed by atoms with Crippen LogP contribution in [0, 0.1) is 12.3 Å². The molecule has 108 valence electrons. The zero-order valence-corrected chi connectivity index (χ0v) is 12.8. The molecule has 3 N–H and O–H groups in total. The first-order valence-electron chi connectivity index (χ1n) is 6.41. The number of hydrogen-bond donors (Lipinski definition) is 2. The molecule has 6 heteroatoms. The first-order valence-corrected chi connectivity index (χ1v) is 7.19. The van der Waals surface area contributed by atoms with Crippen molar-refractivity contribution in [1.82, 2.24) is 0 Å². The van der Waals surface area contributed by atoms with Crippen molar-refractivity contribution in [1.29, 1.82) is 0 Å². The van der Waals surface area contributed by atoms with Gasteiger partial charge in [-0.15, -0.1) is 0 Å². The van der Waals surface area contributed by atoms with Gasteiger partial charge in [0.05, 0.1) is 15.7 Å². The molecule has 0 unspecified atom stereocenters. The number of halogens is 1. The van der Waals surface area contributed by atoms with Crippen LogP contribution in [0.5, 0.6) is 0 Å². The molecule has 1 heterocycles. The summed E-state index contributed by atoms with van der Waals surface area (Å²) in [5.74, 6) is -0.208. The zero-order valence-electron chi connectivity index (χ0n) is 11.2. The van der Waals surface area contributed by atoms with Gasteiger partial charge in [0.1, 0.15) is 5.41 Å². The summed E-state index contributed by atoms with van der Waals surface area (Å²) in [5, 5.41) is 3.34. The molecule has 0 aromatic heterocycles. The topological polar surface area (TPSA) is 64.4 Å². The quantitative estimate of drug-likeness (QED) is 0.842. The molecular weight excluding hydrogens is 296 g/mol. The molecule has 1 amide bonds. The van der Waals surface area contributed by atoms with E-state index < -0.39 is 5.41 Å². The van der Waals surface area contributed by atoms with Gasteiger partial charge in [-0.2, -0.15) is 0 Å². The maximum absolute atomic E-state index is 12.6. The van der Waals surface area contributed by atoms with E-state index in [0.29, 0.717) is 36.8 Å². The van der Waals surface area contributed by atoms with Gasteiger partial charge in [0.2, 0.25) is 5.91 Å². The number of thiocarbonyl (C=S) groups is 1. The number of nitrogens with two attached hydrogens (primary N) is 1. The average molecular weight is 313 g/mol. The summed E-state index contributed by atoms with van der Waals surface area (Å²) in [4.78, 5) is 12.8. The maximum Gasteiger partial charge on any atom is 0.237 e. The van der Waals surface area contributed by atoms with Crippen molar-refractivity contribution in [2.75, 3.05) is 18.5 Å². The van der Waals surface area contributed by atoms with Crippen molar-refractivity contribution in [3.63, 3.8) is 0 Å². The molecular formula is C14H17ClN2O2S. The number of aryl methyl sites for hydroxylation is 1. The summed E-state index contributed by atoms with van der Waals surface area (Å²) in [6.07, 6.45) is 0.995. The third-order valence-corrected chi connectivity index (χ3v) is 4.34. The van der Waals surface area contributed by atoms with Gasteiger partial charge in [-0.05, 0) is 37.5 Å². The Morgan fingerprint density at radius 2 is 2.10 bits per heavy atom. The lowest BCUT2D eigenvalue weighted by molar-refractivity contribution is -0.126. The van der Waals surface area contributed by atoms with Crippen LogP contribution < -0.4 is 11.1 Å². The molecule has 1 aliphatic rings. The van der Waals surface area contributed by atoms with Gasteiger partial charge in [-0.3, -0.25) is 4.79 Å². The third-order valence-electron chi connectivity index (χ3n) is 3.62. The minimum atomic E-state index is -0.847. The number of carbonyl (C=O) groups is 1. The molecule has 1 aromatic carbocycles. The van der Waals surface area contributed by atoms with Gasteiger partial charge in [0.25, 0.3) is 0 Å². The Balaban J connectivity index is 2.25. The van der Waals surface area contributed by atoms with Crippen molar-refractivity contribution in [2.45, 2.75) is 19.8 Å². The Kier molecular flexibility index (Phi) is 4.62. The van der Waals surface area contributed by atoms with Gasteiger partial charge < -0.3 is 15.8 Å². The Labute approximate surface area is 128 Å². The van der Waals surface area contributed by atoms with E-state index in [9.17, 15) is 4.79 Å². The third kappa shape index (κ3) is 2.95. The van der Waals surface area contributed by atoms with Gasteiger partial charge >= 0.3 is 0 Å². The van der Waals surface area contributed by atoms with E-state index in [-0.39, 0.29) is 10.9 Å². The molecule has 0 bridgehead atoms. The molecule has 1 aliphatic heterocycles. The van der Waals surface area contributed by atoms with Crippen LogP contribution in [0.1, 0.15) is 18.4 Å². The molecule has 0 saturated carbocycles. The smallest absolute Gasteiger partial charge is 0.237 e. The van der Waals surface area contributed by atoms with Crippen molar-refractivity contribution in [2.24, 2.45) is 11.1 Å². The van der Waals surface area contributed by atoms with E-state index in [1.54, 1.807) is 6.07 Å². The fraction of sp³-hybridized carbons (Fsp3) is 0.429. The van der Waals surface area contributed by atoms with Gasteiger partial charge in [0.15, 0.2) is 0 Å². The monoisotopic (exact) mass is 312 g/mol. The van der Waals surface area contributed by atoms with Gasteiger partial charge in [-0.25, -0.2) is 0 Å². The Morgan fingerprint density at radius 1 is 1.45 bits per heavy atom. The van der Waals surface area contributed by atoms with Crippen molar-refractivity contribution < 1.29 is 9.53 Å². The molecule has 0 atom stereocenters. The van der Waals surface area contributed by atoms with E-state index in [2.05, 4.69) is 5.32 Å². The van der Waals surface area contributed by atoms with Crippen LogP contribution in [0.4, 0.5) is 5.69 Å². The first kappa shape index (κ1) is 15.2. The highest BCUT2D eigenvalue weighted by Crippen LogP contribution is 2.33. The van der Waals surface area contributed by atoms with Crippen LogP contribution in [-0.4, -0.2) is 24.1 Å². The second kappa shape index (κ2) is 6.08. The number of carbonyl (C=O) groups excluding carboxylic acids is 1. The summed E-state index contributed by atoms with van der Waals surface area (Å²) in [6, 6.07) is 5.46. The second-order valence-electron chi connectivity index (χ2n) is 5.00. The fourth-order valence-corrected chi connectivity index (χ4v) is 2.74. The first-order chi connectivity index (χ1) is 9.45. The van der Waals surface area contributed by atoms with E-state index in [0.717, 1.165) is 5.56 Å². The van der Waals surface area contributed by atoms with E-state index in [1.807, 2.05) is 19.1 Å².